The number of carbonyl (C=O) groups is 1. The number of hydrogen-bond acceptors (Lipinski definition) is 2. The minimum Gasteiger partial charge on any atom is -0.369 e. The van der Waals surface area contributed by atoms with Crippen LogP contribution in [0.4, 0.5) is 0 Å². The lowest BCUT2D eigenvalue weighted by Gasteiger charge is -2.39. The van der Waals surface area contributed by atoms with Crippen LogP contribution in [0, 0.1) is 11.3 Å². The summed E-state index contributed by atoms with van der Waals surface area (Å²) in [7, 11) is 0. The molecule has 140 valence electrons. The maximum atomic E-state index is 11.4. The molecule has 0 bridgehead atoms. The molecular formula is C22H22Br2N2O. The molecule has 0 saturated heterocycles. The number of primary amides is 1. The van der Waals surface area contributed by atoms with E-state index in [0.29, 0.717) is 0 Å². The molecule has 5 heteroatoms. The summed E-state index contributed by atoms with van der Waals surface area (Å²) in [6.45, 7) is 0. The smallest absolute Gasteiger partial charge is 0.228 e. The Hall–Kier alpha value is -1.64. The second-order valence-electron chi connectivity index (χ2n) is 7.36. The van der Waals surface area contributed by atoms with Gasteiger partial charge in [-0.25, -0.2) is 0 Å². The van der Waals surface area contributed by atoms with Crippen LogP contribution in [0.3, 0.4) is 0 Å². The maximum absolute atomic E-state index is 11.4. The van der Waals surface area contributed by atoms with E-state index >= 15 is 0 Å². The molecule has 0 aliphatic heterocycles. The summed E-state index contributed by atoms with van der Waals surface area (Å²) in [5.74, 6) is -0.189. The number of carbonyl (C=O) groups excluding carboxylic acids is 1. The summed E-state index contributed by atoms with van der Waals surface area (Å²) in [6.07, 6.45) is 6.10. The van der Waals surface area contributed by atoms with Crippen molar-refractivity contribution >= 4 is 37.8 Å². The molecule has 0 spiro atoms. The fraction of sp³-hybridized carbons (Fsp3) is 0.364. The number of amides is 1. The Balaban J connectivity index is 0.000000156. The molecule has 2 N–H and O–H groups in total. The summed E-state index contributed by atoms with van der Waals surface area (Å²) >= 11 is 6.76. The van der Waals surface area contributed by atoms with E-state index < -0.39 is 0 Å². The van der Waals surface area contributed by atoms with Gasteiger partial charge in [-0.2, -0.15) is 5.26 Å². The predicted octanol–water partition coefficient (Wildman–Crippen LogP) is 5.75. The van der Waals surface area contributed by atoms with Crippen LogP contribution in [0.5, 0.6) is 0 Å². The molecule has 0 unspecified atom stereocenters. The quantitative estimate of drug-likeness (QED) is 0.596. The van der Waals surface area contributed by atoms with Gasteiger partial charge in [0.25, 0.3) is 0 Å². The summed E-state index contributed by atoms with van der Waals surface area (Å²) < 4.78 is 2.10. The highest BCUT2D eigenvalue weighted by atomic mass is 79.9. The topological polar surface area (TPSA) is 66.9 Å². The number of nitrogens with zero attached hydrogens (tertiary/aromatic N) is 1. The Bertz CT molecular complexity index is 845. The Kier molecular flexibility index (Phi) is 6.08. The second kappa shape index (κ2) is 8.16. The fourth-order valence-corrected chi connectivity index (χ4v) is 4.27. The SMILES string of the molecule is N#CC1(c2ccc(Br)cc2)CCC1.NC(=O)C1(c2ccc(Br)cc2)CCC1. The monoisotopic (exact) mass is 488 g/mol. The van der Waals surface area contributed by atoms with Crippen molar-refractivity contribution in [3.05, 3.63) is 68.6 Å². The van der Waals surface area contributed by atoms with Crippen molar-refractivity contribution in [2.45, 2.75) is 49.4 Å². The van der Waals surface area contributed by atoms with Crippen LogP contribution in [0.25, 0.3) is 0 Å². The van der Waals surface area contributed by atoms with Crippen molar-refractivity contribution in [2.24, 2.45) is 5.73 Å². The van der Waals surface area contributed by atoms with Crippen molar-refractivity contribution in [3.63, 3.8) is 0 Å². The lowest BCUT2D eigenvalue weighted by Crippen LogP contribution is -2.46. The van der Waals surface area contributed by atoms with E-state index in [2.05, 4.69) is 37.9 Å². The van der Waals surface area contributed by atoms with E-state index in [0.717, 1.165) is 46.6 Å². The van der Waals surface area contributed by atoms with Crippen LogP contribution in [0.1, 0.15) is 49.7 Å². The summed E-state index contributed by atoms with van der Waals surface area (Å²) in [5.41, 5.74) is 7.14. The molecule has 2 saturated carbocycles. The van der Waals surface area contributed by atoms with Crippen molar-refractivity contribution in [1.82, 2.24) is 0 Å². The molecular weight excluding hydrogens is 468 g/mol. The molecule has 0 heterocycles. The van der Waals surface area contributed by atoms with E-state index in [1.807, 2.05) is 48.5 Å². The van der Waals surface area contributed by atoms with Crippen LogP contribution in [0.15, 0.2) is 57.5 Å². The van der Waals surface area contributed by atoms with E-state index in [4.69, 9.17) is 11.0 Å². The predicted molar refractivity (Wildman–Crippen MR) is 114 cm³/mol. The van der Waals surface area contributed by atoms with Crippen molar-refractivity contribution in [3.8, 4) is 6.07 Å². The zero-order valence-corrected chi connectivity index (χ0v) is 18.2. The molecule has 0 atom stereocenters. The molecule has 2 aliphatic rings. The lowest BCUT2D eigenvalue weighted by molar-refractivity contribution is -0.126. The normalized spacial score (nSPS) is 18.7. The third-order valence-electron chi connectivity index (χ3n) is 5.89. The van der Waals surface area contributed by atoms with E-state index in [9.17, 15) is 4.79 Å². The first-order valence-electron chi connectivity index (χ1n) is 9.15. The minimum absolute atomic E-state index is 0.166. The van der Waals surface area contributed by atoms with Gasteiger partial charge in [0, 0.05) is 8.95 Å². The van der Waals surface area contributed by atoms with Crippen molar-refractivity contribution in [2.75, 3.05) is 0 Å². The first kappa shape index (κ1) is 20.1. The van der Waals surface area contributed by atoms with Crippen molar-refractivity contribution < 1.29 is 4.79 Å². The molecule has 2 fully saturated rings. The minimum atomic E-state index is -0.374. The number of nitrogens with two attached hydrogens (primary N) is 1. The molecule has 4 rings (SSSR count). The van der Waals surface area contributed by atoms with Gasteiger partial charge in [0.15, 0.2) is 0 Å². The standard InChI is InChI=1S/C11H12BrNO.C11H10BrN/c12-9-4-2-8(3-5-9)11(10(13)14)6-1-7-11;12-10-4-2-9(3-5-10)11(8-13)6-1-7-11/h2-5H,1,6-7H2,(H2,13,14);2-5H,1,6-7H2. The third kappa shape index (κ3) is 3.97. The molecule has 3 nitrogen and oxygen atoms in total. The zero-order valence-electron chi connectivity index (χ0n) is 15.1. The summed E-state index contributed by atoms with van der Waals surface area (Å²) in [4.78, 5) is 11.4. The first-order chi connectivity index (χ1) is 12.9. The molecule has 2 aromatic carbocycles. The highest BCUT2D eigenvalue weighted by Gasteiger charge is 2.44. The molecule has 27 heavy (non-hydrogen) atoms. The van der Waals surface area contributed by atoms with Crippen LogP contribution in [0.2, 0.25) is 0 Å². The first-order valence-corrected chi connectivity index (χ1v) is 10.7. The largest absolute Gasteiger partial charge is 0.369 e. The van der Waals surface area contributed by atoms with Gasteiger partial charge in [0.05, 0.1) is 16.9 Å². The Morgan fingerprint density at radius 2 is 1.30 bits per heavy atom. The number of halogens is 2. The average molecular weight is 490 g/mol. The van der Waals surface area contributed by atoms with Gasteiger partial charge in [0.2, 0.25) is 5.91 Å². The molecule has 1 amide bonds. The zero-order chi connectivity index (χ0) is 19.5. The van der Waals surface area contributed by atoms with Crippen LogP contribution >= 0.6 is 31.9 Å². The van der Waals surface area contributed by atoms with Crippen LogP contribution in [-0.4, -0.2) is 5.91 Å². The second-order valence-corrected chi connectivity index (χ2v) is 9.19. The average Bonchev–Trinajstić information content (AvgIpc) is 2.57. The van der Waals surface area contributed by atoms with Gasteiger partial charge in [-0.3, -0.25) is 4.79 Å². The van der Waals surface area contributed by atoms with Crippen LogP contribution < -0.4 is 5.73 Å². The number of nitriles is 1. The molecule has 2 aromatic rings. The lowest BCUT2D eigenvalue weighted by atomic mass is 9.64. The van der Waals surface area contributed by atoms with Gasteiger partial charge >= 0.3 is 0 Å². The highest BCUT2D eigenvalue weighted by Crippen LogP contribution is 2.44. The van der Waals surface area contributed by atoms with E-state index in [1.54, 1.807) is 0 Å². The number of benzene rings is 2. The van der Waals surface area contributed by atoms with Gasteiger partial charge in [-0.1, -0.05) is 62.5 Å². The Morgan fingerprint density at radius 1 is 0.852 bits per heavy atom. The van der Waals surface area contributed by atoms with E-state index in [1.165, 1.54) is 12.0 Å². The molecule has 0 radical (unpaired) electrons. The number of hydrogen-bond donors (Lipinski definition) is 1. The maximum Gasteiger partial charge on any atom is 0.228 e. The van der Waals surface area contributed by atoms with Gasteiger partial charge < -0.3 is 5.73 Å². The Morgan fingerprint density at radius 3 is 1.59 bits per heavy atom. The van der Waals surface area contributed by atoms with Crippen LogP contribution in [-0.2, 0) is 15.6 Å². The Labute approximate surface area is 177 Å². The van der Waals surface area contributed by atoms with Gasteiger partial charge in [-0.15, -0.1) is 0 Å². The van der Waals surface area contributed by atoms with Gasteiger partial charge in [-0.05, 0) is 67.5 Å². The highest BCUT2D eigenvalue weighted by molar-refractivity contribution is 9.10. The molecule has 0 aromatic heterocycles. The molecule has 2 aliphatic carbocycles. The van der Waals surface area contributed by atoms with Crippen molar-refractivity contribution in [1.29, 1.82) is 5.26 Å². The number of rotatable bonds is 3. The summed E-state index contributed by atoms with van der Waals surface area (Å²) in [5, 5.41) is 9.10. The summed E-state index contributed by atoms with van der Waals surface area (Å²) in [6, 6.07) is 18.4. The van der Waals surface area contributed by atoms with E-state index in [-0.39, 0.29) is 16.7 Å². The third-order valence-corrected chi connectivity index (χ3v) is 6.95. The fourth-order valence-electron chi connectivity index (χ4n) is 3.74. The van der Waals surface area contributed by atoms with Gasteiger partial charge in [0.1, 0.15) is 0 Å².